The molecule has 1 aromatic rings. The second-order valence-electron chi connectivity index (χ2n) is 6.89. The Labute approximate surface area is 144 Å². The van der Waals surface area contributed by atoms with Crippen LogP contribution in [-0.2, 0) is 21.5 Å². The molecule has 1 rings (SSSR count). The summed E-state index contributed by atoms with van der Waals surface area (Å²) in [5.74, 6) is -3.62. The summed E-state index contributed by atoms with van der Waals surface area (Å²) in [5.41, 5.74) is 1.12. The Morgan fingerprint density at radius 3 is 1.80 bits per heavy atom. The SMILES string of the molecule is CC(C)(NCc1ccc(C(C)(C)C)nc1)C(=O)O.O=C(O)C(F)(F)F. The molecule has 0 aliphatic rings. The predicted octanol–water partition coefficient (Wildman–Crippen LogP) is 2.97. The van der Waals surface area contributed by atoms with Crippen molar-refractivity contribution in [1.82, 2.24) is 10.3 Å². The van der Waals surface area contributed by atoms with Crippen LogP contribution in [0.5, 0.6) is 0 Å². The number of halogens is 3. The summed E-state index contributed by atoms with van der Waals surface area (Å²) in [7, 11) is 0. The maximum absolute atomic E-state index is 10.9. The topological polar surface area (TPSA) is 99.5 Å². The van der Waals surface area contributed by atoms with Crippen LogP contribution in [0.15, 0.2) is 18.3 Å². The molecule has 6 nitrogen and oxygen atoms in total. The van der Waals surface area contributed by atoms with Crippen molar-refractivity contribution in [3.8, 4) is 0 Å². The van der Waals surface area contributed by atoms with Gasteiger partial charge in [0.05, 0.1) is 0 Å². The molecule has 0 radical (unpaired) electrons. The van der Waals surface area contributed by atoms with Crippen LogP contribution in [0.2, 0.25) is 0 Å². The Bertz CT molecular complexity index is 591. The maximum atomic E-state index is 10.9. The van der Waals surface area contributed by atoms with E-state index >= 15 is 0 Å². The molecule has 142 valence electrons. The van der Waals surface area contributed by atoms with E-state index < -0.39 is 23.7 Å². The van der Waals surface area contributed by atoms with Crippen LogP contribution in [0.4, 0.5) is 13.2 Å². The molecule has 0 spiro atoms. The average molecular weight is 364 g/mol. The Morgan fingerprint density at radius 2 is 1.52 bits per heavy atom. The monoisotopic (exact) mass is 364 g/mol. The number of aromatic nitrogens is 1. The quantitative estimate of drug-likeness (QED) is 0.760. The van der Waals surface area contributed by atoms with Crippen LogP contribution in [0.3, 0.4) is 0 Å². The van der Waals surface area contributed by atoms with Gasteiger partial charge >= 0.3 is 18.1 Å². The van der Waals surface area contributed by atoms with Gasteiger partial charge in [0.25, 0.3) is 0 Å². The first-order valence-electron chi connectivity index (χ1n) is 7.31. The van der Waals surface area contributed by atoms with Crippen molar-refractivity contribution in [3.63, 3.8) is 0 Å². The highest BCUT2D eigenvalue weighted by Gasteiger charge is 2.38. The predicted molar refractivity (Wildman–Crippen MR) is 85.2 cm³/mol. The zero-order chi connectivity index (χ0) is 20.1. The number of hydrogen-bond donors (Lipinski definition) is 3. The molecule has 0 saturated carbocycles. The van der Waals surface area contributed by atoms with Gasteiger partial charge < -0.3 is 10.2 Å². The number of nitrogens with zero attached hydrogens (tertiary/aromatic N) is 1. The van der Waals surface area contributed by atoms with E-state index in [2.05, 4.69) is 31.1 Å². The standard InChI is InChI=1S/C14H22N2O2.C2HF3O2/c1-13(2,3)11-7-6-10(8-15-11)9-16-14(4,5)12(17)18;3-2(4,5)1(6)7/h6-8,16H,9H2,1-5H3,(H,17,18);(H,6,7). The van der Waals surface area contributed by atoms with Gasteiger partial charge in [0.15, 0.2) is 0 Å². The van der Waals surface area contributed by atoms with Gasteiger partial charge in [-0.2, -0.15) is 13.2 Å². The summed E-state index contributed by atoms with van der Waals surface area (Å²) >= 11 is 0. The largest absolute Gasteiger partial charge is 0.490 e. The number of hydrogen-bond acceptors (Lipinski definition) is 4. The molecule has 1 aromatic heterocycles. The van der Waals surface area contributed by atoms with Gasteiger partial charge in [-0.05, 0) is 25.5 Å². The zero-order valence-electron chi connectivity index (χ0n) is 14.7. The summed E-state index contributed by atoms with van der Waals surface area (Å²) in [5, 5.41) is 19.1. The van der Waals surface area contributed by atoms with Crippen molar-refractivity contribution in [2.24, 2.45) is 0 Å². The highest BCUT2D eigenvalue weighted by Crippen LogP contribution is 2.19. The average Bonchev–Trinajstić information content (AvgIpc) is 2.44. The third kappa shape index (κ3) is 8.48. The lowest BCUT2D eigenvalue weighted by Gasteiger charge is -2.21. The van der Waals surface area contributed by atoms with Crippen LogP contribution in [-0.4, -0.2) is 38.9 Å². The first-order valence-corrected chi connectivity index (χ1v) is 7.31. The van der Waals surface area contributed by atoms with E-state index in [0.29, 0.717) is 6.54 Å². The lowest BCUT2D eigenvalue weighted by atomic mass is 9.91. The van der Waals surface area contributed by atoms with Crippen molar-refractivity contribution < 1.29 is 33.0 Å². The second kappa shape index (κ2) is 8.28. The molecule has 0 amide bonds. The van der Waals surface area contributed by atoms with Crippen molar-refractivity contribution in [2.75, 3.05) is 0 Å². The zero-order valence-corrected chi connectivity index (χ0v) is 14.7. The van der Waals surface area contributed by atoms with Crippen LogP contribution >= 0.6 is 0 Å². The van der Waals surface area contributed by atoms with E-state index in [1.54, 1.807) is 20.0 Å². The third-order valence-electron chi connectivity index (χ3n) is 3.10. The molecule has 25 heavy (non-hydrogen) atoms. The Kier molecular flexibility index (Phi) is 7.57. The third-order valence-corrected chi connectivity index (χ3v) is 3.10. The number of alkyl halides is 3. The molecule has 0 fully saturated rings. The molecule has 0 atom stereocenters. The number of pyridine rings is 1. The van der Waals surface area contributed by atoms with Crippen LogP contribution in [0, 0.1) is 0 Å². The minimum absolute atomic E-state index is 0.0340. The van der Waals surface area contributed by atoms with Crippen molar-refractivity contribution >= 4 is 11.9 Å². The molecule has 9 heteroatoms. The molecule has 3 N–H and O–H groups in total. The Balaban J connectivity index is 0.000000697. The summed E-state index contributed by atoms with van der Waals surface area (Å²) in [6, 6.07) is 3.98. The Morgan fingerprint density at radius 1 is 1.04 bits per heavy atom. The summed E-state index contributed by atoms with van der Waals surface area (Å²) in [6.45, 7) is 10.1. The normalized spacial score (nSPS) is 12.2. The highest BCUT2D eigenvalue weighted by atomic mass is 19.4. The van der Waals surface area contributed by atoms with Gasteiger partial charge in [0, 0.05) is 23.9 Å². The first-order chi connectivity index (χ1) is 11.1. The van der Waals surface area contributed by atoms with Gasteiger partial charge in [-0.25, -0.2) is 4.79 Å². The highest BCUT2D eigenvalue weighted by molar-refractivity contribution is 5.77. The molecule has 0 aliphatic heterocycles. The van der Waals surface area contributed by atoms with Crippen molar-refractivity contribution in [1.29, 1.82) is 0 Å². The number of carboxylic acids is 2. The smallest absolute Gasteiger partial charge is 0.480 e. The minimum Gasteiger partial charge on any atom is -0.480 e. The summed E-state index contributed by atoms with van der Waals surface area (Å²) in [4.78, 5) is 24.3. The van der Waals surface area contributed by atoms with Crippen LogP contribution < -0.4 is 5.32 Å². The van der Waals surface area contributed by atoms with Crippen molar-refractivity contribution in [3.05, 3.63) is 29.6 Å². The molecule has 0 aromatic carbocycles. The minimum atomic E-state index is -5.08. The van der Waals surface area contributed by atoms with Gasteiger partial charge in [0.1, 0.15) is 5.54 Å². The number of aliphatic carboxylic acids is 2. The molecule has 0 saturated heterocycles. The maximum Gasteiger partial charge on any atom is 0.490 e. The molecule has 0 aliphatic carbocycles. The van der Waals surface area contributed by atoms with Gasteiger partial charge in [-0.1, -0.05) is 26.8 Å². The summed E-state index contributed by atoms with van der Waals surface area (Å²) < 4.78 is 31.7. The fourth-order valence-corrected chi connectivity index (χ4v) is 1.37. The number of nitrogens with one attached hydrogen (secondary N) is 1. The van der Waals surface area contributed by atoms with Crippen molar-refractivity contribution in [2.45, 2.75) is 58.3 Å². The fourth-order valence-electron chi connectivity index (χ4n) is 1.37. The van der Waals surface area contributed by atoms with Gasteiger partial charge in [-0.3, -0.25) is 15.1 Å². The second-order valence-corrected chi connectivity index (χ2v) is 6.89. The van der Waals surface area contributed by atoms with E-state index in [9.17, 15) is 18.0 Å². The Hall–Kier alpha value is -2.16. The van der Waals surface area contributed by atoms with E-state index in [1.807, 2.05) is 12.1 Å². The van der Waals surface area contributed by atoms with Crippen LogP contribution in [0.1, 0.15) is 45.9 Å². The number of rotatable bonds is 4. The van der Waals surface area contributed by atoms with E-state index in [1.165, 1.54) is 0 Å². The molecular weight excluding hydrogens is 341 g/mol. The van der Waals surface area contributed by atoms with E-state index in [0.717, 1.165) is 11.3 Å². The lowest BCUT2D eigenvalue weighted by molar-refractivity contribution is -0.192. The number of carbonyl (C=O) groups is 2. The van der Waals surface area contributed by atoms with E-state index in [4.69, 9.17) is 15.0 Å². The first kappa shape index (κ1) is 22.8. The lowest BCUT2D eigenvalue weighted by Crippen LogP contribution is -2.46. The molecule has 0 bridgehead atoms. The van der Waals surface area contributed by atoms with Gasteiger partial charge in [0.2, 0.25) is 0 Å². The van der Waals surface area contributed by atoms with E-state index in [-0.39, 0.29) is 5.41 Å². The molecule has 0 unspecified atom stereocenters. The number of carboxylic acid groups (broad SMARTS) is 2. The van der Waals surface area contributed by atoms with Crippen LogP contribution in [0.25, 0.3) is 0 Å². The fraction of sp³-hybridized carbons (Fsp3) is 0.562. The summed E-state index contributed by atoms with van der Waals surface area (Å²) in [6.07, 6.45) is -3.29. The van der Waals surface area contributed by atoms with Gasteiger partial charge in [-0.15, -0.1) is 0 Å². The molecule has 1 heterocycles. The molecular formula is C16H23F3N2O4.